The van der Waals surface area contributed by atoms with Gasteiger partial charge in [-0.15, -0.1) is 0 Å². The topological polar surface area (TPSA) is 37.3 Å². The van der Waals surface area contributed by atoms with Crippen molar-refractivity contribution in [3.8, 4) is 0 Å². The number of aliphatic carboxylic acids is 1. The molecule has 1 aromatic rings. The molecule has 12 heavy (non-hydrogen) atoms. The maximum atomic E-state index is 10.4. The fourth-order valence-corrected chi connectivity index (χ4v) is 0.986. The number of hydrogen-bond acceptors (Lipinski definition) is 1. The molecule has 0 aliphatic carbocycles. The molecule has 0 aliphatic rings. The van der Waals surface area contributed by atoms with Gasteiger partial charge in [-0.05, 0) is 18.9 Å². The van der Waals surface area contributed by atoms with Gasteiger partial charge in [0.25, 0.3) is 0 Å². The van der Waals surface area contributed by atoms with Gasteiger partial charge < -0.3 is 5.11 Å². The van der Waals surface area contributed by atoms with E-state index in [1.807, 2.05) is 30.3 Å². The summed E-state index contributed by atoms with van der Waals surface area (Å²) < 4.78 is 0. The van der Waals surface area contributed by atoms with Crippen molar-refractivity contribution in [2.45, 2.75) is 6.42 Å². The van der Waals surface area contributed by atoms with Gasteiger partial charge in [-0.2, -0.15) is 0 Å². The maximum absolute atomic E-state index is 10.4. The Kier molecular flexibility index (Phi) is 2.86. The molecule has 0 saturated heterocycles. The Morgan fingerprint density at radius 1 is 1.42 bits per heavy atom. The van der Waals surface area contributed by atoms with Crippen LogP contribution in [0.4, 0.5) is 0 Å². The first kappa shape index (κ1) is 8.78. The largest absolute Gasteiger partial charge is 0.481 e. The minimum atomic E-state index is -0.848. The molecule has 63 valence electrons. The first-order valence-corrected chi connectivity index (χ1v) is 3.80. The average Bonchev–Trinajstić information content (AvgIpc) is 2.06. The molecular formula is C10H11O2. The lowest BCUT2D eigenvalue weighted by atomic mass is 10.0. The molecule has 1 atom stereocenters. The van der Waals surface area contributed by atoms with Crippen molar-refractivity contribution in [1.29, 1.82) is 0 Å². The Morgan fingerprint density at radius 2 is 2.00 bits per heavy atom. The Bertz CT molecular complexity index is 254. The minimum absolute atomic E-state index is 0.496. The van der Waals surface area contributed by atoms with Gasteiger partial charge in [-0.3, -0.25) is 4.79 Å². The zero-order valence-corrected chi connectivity index (χ0v) is 6.73. The van der Waals surface area contributed by atoms with Gasteiger partial charge in [-0.1, -0.05) is 30.3 Å². The molecule has 0 aliphatic heterocycles. The van der Waals surface area contributed by atoms with Crippen LogP contribution in [0.15, 0.2) is 30.3 Å². The second kappa shape index (κ2) is 3.90. The van der Waals surface area contributed by atoms with E-state index < -0.39 is 11.9 Å². The summed E-state index contributed by atoms with van der Waals surface area (Å²) >= 11 is 0. The standard InChI is InChI=1S/C10H11O2/c1-8(10(11)12)7-9-5-3-2-4-6-9/h2-6,8H,1,7H2,(H,11,12). The highest BCUT2D eigenvalue weighted by molar-refractivity contribution is 5.71. The van der Waals surface area contributed by atoms with E-state index in [1.165, 1.54) is 0 Å². The van der Waals surface area contributed by atoms with E-state index in [0.29, 0.717) is 6.42 Å². The second-order valence-corrected chi connectivity index (χ2v) is 2.72. The van der Waals surface area contributed by atoms with E-state index in [-0.39, 0.29) is 0 Å². The third-order valence-electron chi connectivity index (χ3n) is 1.67. The second-order valence-electron chi connectivity index (χ2n) is 2.72. The van der Waals surface area contributed by atoms with Crippen molar-refractivity contribution in [2.24, 2.45) is 5.92 Å². The fraction of sp³-hybridized carbons (Fsp3) is 0.200. The van der Waals surface area contributed by atoms with Crippen LogP contribution in [0, 0.1) is 12.8 Å². The highest BCUT2D eigenvalue weighted by Gasteiger charge is 2.10. The van der Waals surface area contributed by atoms with Crippen molar-refractivity contribution in [1.82, 2.24) is 0 Å². The fourth-order valence-electron chi connectivity index (χ4n) is 0.986. The molecule has 0 bridgehead atoms. The zero-order valence-electron chi connectivity index (χ0n) is 6.73. The molecule has 1 aromatic carbocycles. The number of benzene rings is 1. The Hall–Kier alpha value is -1.31. The van der Waals surface area contributed by atoms with Gasteiger partial charge in [0, 0.05) is 0 Å². The molecule has 1 N–H and O–H groups in total. The van der Waals surface area contributed by atoms with E-state index in [2.05, 4.69) is 6.92 Å². The average molecular weight is 163 g/mol. The van der Waals surface area contributed by atoms with Gasteiger partial charge >= 0.3 is 5.97 Å². The van der Waals surface area contributed by atoms with Crippen molar-refractivity contribution in [3.63, 3.8) is 0 Å². The number of carboxylic acid groups (broad SMARTS) is 1. The summed E-state index contributed by atoms with van der Waals surface area (Å²) in [5.74, 6) is -1.40. The number of carboxylic acids is 1. The third kappa shape index (κ3) is 2.38. The van der Waals surface area contributed by atoms with Crippen LogP contribution in [0.25, 0.3) is 0 Å². The van der Waals surface area contributed by atoms with Crippen LogP contribution in [0.2, 0.25) is 0 Å². The van der Waals surface area contributed by atoms with Crippen LogP contribution in [0.5, 0.6) is 0 Å². The van der Waals surface area contributed by atoms with Crippen LogP contribution in [0.3, 0.4) is 0 Å². The lowest BCUT2D eigenvalue weighted by molar-refractivity contribution is -0.140. The molecule has 0 aromatic heterocycles. The quantitative estimate of drug-likeness (QED) is 0.737. The lowest BCUT2D eigenvalue weighted by Gasteiger charge is -2.04. The molecular weight excluding hydrogens is 152 g/mol. The van der Waals surface area contributed by atoms with Crippen molar-refractivity contribution >= 4 is 5.97 Å². The van der Waals surface area contributed by atoms with E-state index in [9.17, 15) is 4.79 Å². The normalized spacial score (nSPS) is 12.4. The molecule has 0 heterocycles. The smallest absolute Gasteiger partial charge is 0.306 e. The first-order chi connectivity index (χ1) is 5.70. The molecule has 0 amide bonds. The molecule has 0 spiro atoms. The Morgan fingerprint density at radius 3 is 2.50 bits per heavy atom. The monoisotopic (exact) mass is 163 g/mol. The SMILES string of the molecule is [CH2]C(Cc1ccccc1)C(=O)O. The molecule has 2 heteroatoms. The minimum Gasteiger partial charge on any atom is -0.481 e. The molecule has 0 saturated carbocycles. The maximum Gasteiger partial charge on any atom is 0.306 e. The lowest BCUT2D eigenvalue weighted by Crippen LogP contribution is -2.12. The van der Waals surface area contributed by atoms with Gasteiger partial charge in [0.1, 0.15) is 0 Å². The van der Waals surface area contributed by atoms with E-state index in [4.69, 9.17) is 5.11 Å². The van der Waals surface area contributed by atoms with Gasteiger partial charge in [0.15, 0.2) is 0 Å². The predicted octanol–water partition coefficient (Wildman–Crippen LogP) is 1.76. The van der Waals surface area contributed by atoms with E-state index >= 15 is 0 Å². The Balaban J connectivity index is 2.58. The van der Waals surface area contributed by atoms with Crippen molar-refractivity contribution in [3.05, 3.63) is 42.8 Å². The van der Waals surface area contributed by atoms with Crippen molar-refractivity contribution < 1.29 is 9.90 Å². The van der Waals surface area contributed by atoms with Crippen LogP contribution in [-0.2, 0) is 11.2 Å². The van der Waals surface area contributed by atoms with Crippen molar-refractivity contribution in [2.75, 3.05) is 0 Å². The summed E-state index contributed by atoms with van der Waals surface area (Å²) in [4.78, 5) is 10.4. The summed E-state index contributed by atoms with van der Waals surface area (Å²) in [7, 11) is 0. The molecule has 0 fully saturated rings. The van der Waals surface area contributed by atoms with E-state index in [0.717, 1.165) is 5.56 Å². The van der Waals surface area contributed by atoms with Crippen LogP contribution in [-0.4, -0.2) is 11.1 Å². The summed E-state index contributed by atoms with van der Waals surface area (Å²) in [5.41, 5.74) is 1.01. The van der Waals surface area contributed by atoms with Crippen LogP contribution >= 0.6 is 0 Å². The summed E-state index contributed by atoms with van der Waals surface area (Å²) in [6.45, 7) is 3.53. The summed E-state index contributed by atoms with van der Waals surface area (Å²) in [6.07, 6.45) is 0.496. The van der Waals surface area contributed by atoms with Gasteiger partial charge in [0.05, 0.1) is 5.92 Å². The van der Waals surface area contributed by atoms with E-state index in [1.54, 1.807) is 0 Å². The van der Waals surface area contributed by atoms with Crippen LogP contribution in [0.1, 0.15) is 5.56 Å². The zero-order chi connectivity index (χ0) is 8.97. The summed E-state index contributed by atoms with van der Waals surface area (Å²) in [5, 5.41) is 8.58. The first-order valence-electron chi connectivity index (χ1n) is 3.80. The van der Waals surface area contributed by atoms with Gasteiger partial charge in [0.2, 0.25) is 0 Å². The molecule has 2 nitrogen and oxygen atoms in total. The van der Waals surface area contributed by atoms with Gasteiger partial charge in [-0.25, -0.2) is 0 Å². The number of carbonyl (C=O) groups is 1. The third-order valence-corrected chi connectivity index (χ3v) is 1.67. The summed E-state index contributed by atoms with van der Waals surface area (Å²) in [6, 6.07) is 9.50. The number of hydrogen-bond donors (Lipinski definition) is 1. The predicted molar refractivity (Wildman–Crippen MR) is 46.6 cm³/mol. The Labute approximate surface area is 71.8 Å². The molecule has 1 unspecified atom stereocenters. The molecule has 1 radical (unpaired) electrons. The molecule has 1 rings (SSSR count). The highest BCUT2D eigenvalue weighted by Crippen LogP contribution is 2.07. The number of rotatable bonds is 3. The van der Waals surface area contributed by atoms with Crippen LogP contribution < -0.4 is 0 Å². The highest BCUT2D eigenvalue weighted by atomic mass is 16.4.